The van der Waals surface area contributed by atoms with Crippen LogP contribution in [-0.2, 0) is 6.54 Å². The first kappa shape index (κ1) is 16.4. The highest BCUT2D eigenvalue weighted by molar-refractivity contribution is 7.16. The summed E-state index contributed by atoms with van der Waals surface area (Å²) in [4.78, 5) is 17.6. The number of hydrogen-bond acceptors (Lipinski definition) is 2. The first-order valence-corrected chi connectivity index (χ1v) is 8.68. The minimum Gasteiger partial charge on any atom is -0.312 e. The van der Waals surface area contributed by atoms with Gasteiger partial charge in [0.05, 0.1) is 10.2 Å². The van der Waals surface area contributed by atoms with E-state index in [9.17, 15) is 4.79 Å². The van der Waals surface area contributed by atoms with Gasteiger partial charge in [-0.25, -0.2) is 0 Å². The standard InChI is InChI=1S/C20H20N2OS/c1-5-9-22-17-11-14(3)15(4)12-18(17)24-20(22)21-19(23)16-8-6-7-13(2)10-16/h5-8,10-12H,1,9H2,2-4H3. The molecular formula is C20H20N2OS. The molecule has 0 aliphatic carbocycles. The lowest BCUT2D eigenvalue weighted by Crippen LogP contribution is -2.16. The van der Waals surface area contributed by atoms with Crippen molar-refractivity contribution in [3.8, 4) is 0 Å². The number of allylic oxidation sites excluding steroid dienone is 1. The van der Waals surface area contributed by atoms with Crippen molar-refractivity contribution < 1.29 is 4.79 Å². The zero-order valence-electron chi connectivity index (χ0n) is 14.2. The molecule has 0 bridgehead atoms. The topological polar surface area (TPSA) is 34.4 Å². The lowest BCUT2D eigenvalue weighted by Gasteiger charge is -2.04. The van der Waals surface area contributed by atoms with Gasteiger partial charge < -0.3 is 4.57 Å². The van der Waals surface area contributed by atoms with Gasteiger partial charge in [0.25, 0.3) is 5.91 Å². The zero-order chi connectivity index (χ0) is 17.3. The number of thiazole rings is 1. The molecule has 1 aromatic heterocycles. The molecule has 0 unspecified atom stereocenters. The summed E-state index contributed by atoms with van der Waals surface area (Å²) in [6.07, 6.45) is 1.83. The van der Waals surface area contributed by atoms with Gasteiger partial charge in [-0.2, -0.15) is 4.99 Å². The molecule has 0 aliphatic rings. The van der Waals surface area contributed by atoms with Crippen LogP contribution in [0.3, 0.4) is 0 Å². The third-order valence-electron chi connectivity index (χ3n) is 4.07. The van der Waals surface area contributed by atoms with E-state index >= 15 is 0 Å². The van der Waals surface area contributed by atoms with Crippen LogP contribution in [0.15, 0.2) is 54.0 Å². The van der Waals surface area contributed by atoms with Gasteiger partial charge in [-0.15, -0.1) is 6.58 Å². The number of fused-ring (bicyclic) bond motifs is 1. The van der Waals surface area contributed by atoms with Crippen molar-refractivity contribution in [2.45, 2.75) is 27.3 Å². The molecule has 0 N–H and O–H groups in total. The number of aryl methyl sites for hydroxylation is 3. The summed E-state index contributed by atoms with van der Waals surface area (Å²) in [5.74, 6) is -0.212. The molecule has 0 atom stereocenters. The van der Waals surface area contributed by atoms with E-state index in [4.69, 9.17) is 0 Å². The Hall–Kier alpha value is -2.46. The second kappa shape index (κ2) is 6.57. The molecule has 1 amide bonds. The van der Waals surface area contributed by atoms with E-state index in [1.54, 1.807) is 17.4 Å². The molecule has 3 nitrogen and oxygen atoms in total. The molecule has 1 heterocycles. The van der Waals surface area contributed by atoms with E-state index in [0.29, 0.717) is 16.9 Å². The highest BCUT2D eigenvalue weighted by Gasteiger charge is 2.10. The molecule has 2 aromatic carbocycles. The molecular weight excluding hydrogens is 316 g/mol. The normalized spacial score (nSPS) is 11.9. The number of hydrogen-bond donors (Lipinski definition) is 0. The van der Waals surface area contributed by atoms with Crippen LogP contribution in [-0.4, -0.2) is 10.5 Å². The predicted octanol–water partition coefficient (Wildman–Crippen LogP) is 4.56. The second-order valence-electron chi connectivity index (χ2n) is 5.97. The fourth-order valence-corrected chi connectivity index (χ4v) is 3.76. The van der Waals surface area contributed by atoms with Crippen molar-refractivity contribution in [1.29, 1.82) is 0 Å². The number of rotatable bonds is 3. The van der Waals surface area contributed by atoms with E-state index in [1.807, 2.05) is 35.8 Å². The van der Waals surface area contributed by atoms with Crippen molar-refractivity contribution >= 4 is 27.5 Å². The molecule has 4 heteroatoms. The molecule has 24 heavy (non-hydrogen) atoms. The van der Waals surface area contributed by atoms with Gasteiger partial charge in [0, 0.05) is 12.1 Å². The summed E-state index contributed by atoms with van der Waals surface area (Å²) in [5.41, 5.74) is 5.24. The van der Waals surface area contributed by atoms with E-state index in [2.05, 4.69) is 37.6 Å². The number of aromatic nitrogens is 1. The Labute approximate surface area is 145 Å². The minimum atomic E-state index is -0.212. The van der Waals surface area contributed by atoms with Crippen molar-refractivity contribution in [1.82, 2.24) is 4.57 Å². The van der Waals surface area contributed by atoms with Crippen LogP contribution in [0.5, 0.6) is 0 Å². The van der Waals surface area contributed by atoms with E-state index in [-0.39, 0.29) is 5.91 Å². The van der Waals surface area contributed by atoms with Gasteiger partial charge in [-0.05, 0) is 56.2 Å². The first-order chi connectivity index (χ1) is 11.5. The zero-order valence-corrected chi connectivity index (χ0v) is 15.0. The molecule has 122 valence electrons. The quantitative estimate of drug-likeness (QED) is 0.646. The van der Waals surface area contributed by atoms with E-state index in [0.717, 1.165) is 15.8 Å². The van der Waals surface area contributed by atoms with Gasteiger partial charge in [0.15, 0.2) is 4.80 Å². The first-order valence-electron chi connectivity index (χ1n) is 7.87. The summed E-state index contributed by atoms with van der Waals surface area (Å²) in [6, 6.07) is 11.8. The molecule has 3 aromatic rings. The summed E-state index contributed by atoms with van der Waals surface area (Å²) < 4.78 is 3.18. The number of carbonyl (C=O) groups excluding carboxylic acids is 1. The third kappa shape index (κ3) is 3.10. The van der Waals surface area contributed by atoms with Crippen LogP contribution >= 0.6 is 11.3 Å². The largest absolute Gasteiger partial charge is 0.312 e. The molecule has 0 saturated heterocycles. The summed E-state index contributed by atoms with van der Waals surface area (Å²) in [6.45, 7) is 10.6. The maximum Gasteiger partial charge on any atom is 0.279 e. The maximum atomic E-state index is 12.5. The van der Waals surface area contributed by atoms with E-state index in [1.165, 1.54) is 11.1 Å². The molecule has 0 fully saturated rings. The van der Waals surface area contributed by atoms with Crippen molar-refractivity contribution in [3.05, 3.63) is 76.1 Å². The van der Waals surface area contributed by atoms with Gasteiger partial charge in [-0.1, -0.05) is 35.1 Å². The Balaban J connectivity index is 2.19. The van der Waals surface area contributed by atoms with Crippen LogP contribution in [0.2, 0.25) is 0 Å². The fraction of sp³-hybridized carbons (Fsp3) is 0.200. The maximum absolute atomic E-state index is 12.5. The van der Waals surface area contributed by atoms with Gasteiger partial charge in [-0.3, -0.25) is 4.79 Å². The van der Waals surface area contributed by atoms with Crippen molar-refractivity contribution in [2.24, 2.45) is 4.99 Å². The SMILES string of the molecule is C=CCn1c(=NC(=O)c2cccc(C)c2)sc2cc(C)c(C)cc21. The predicted molar refractivity (Wildman–Crippen MR) is 101 cm³/mol. The van der Waals surface area contributed by atoms with Crippen LogP contribution in [0.25, 0.3) is 10.2 Å². The van der Waals surface area contributed by atoms with Crippen LogP contribution in [0.1, 0.15) is 27.0 Å². The smallest absolute Gasteiger partial charge is 0.279 e. The molecule has 0 spiro atoms. The highest BCUT2D eigenvalue weighted by Crippen LogP contribution is 2.22. The van der Waals surface area contributed by atoms with E-state index < -0.39 is 0 Å². The summed E-state index contributed by atoms with van der Waals surface area (Å²) in [5, 5.41) is 0. The third-order valence-corrected chi connectivity index (χ3v) is 5.11. The average molecular weight is 336 g/mol. The minimum absolute atomic E-state index is 0.212. The Morgan fingerprint density at radius 3 is 2.67 bits per heavy atom. The molecule has 0 saturated carbocycles. The number of benzene rings is 2. The second-order valence-corrected chi connectivity index (χ2v) is 6.98. The van der Waals surface area contributed by atoms with Crippen LogP contribution < -0.4 is 4.80 Å². The Kier molecular flexibility index (Phi) is 4.49. The van der Waals surface area contributed by atoms with Crippen LogP contribution in [0, 0.1) is 20.8 Å². The number of amides is 1. The van der Waals surface area contributed by atoms with Crippen molar-refractivity contribution in [3.63, 3.8) is 0 Å². The lowest BCUT2D eigenvalue weighted by molar-refractivity contribution is 0.0998. The Morgan fingerprint density at radius 1 is 1.21 bits per heavy atom. The highest BCUT2D eigenvalue weighted by atomic mass is 32.1. The molecule has 3 rings (SSSR count). The van der Waals surface area contributed by atoms with Crippen LogP contribution in [0.4, 0.5) is 0 Å². The summed E-state index contributed by atoms with van der Waals surface area (Å²) in [7, 11) is 0. The lowest BCUT2D eigenvalue weighted by atomic mass is 10.1. The monoisotopic (exact) mass is 336 g/mol. The fourth-order valence-electron chi connectivity index (χ4n) is 2.64. The number of carbonyl (C=O) groups is 1. The number of nitrogens with zero attached hydrogens (tertiary/aromatic N) is 2. The Morgan fingerprint density at radius 2 is 1.96 bits per heavy atom. The van der Waals surface area contributed by atoms with Gasteiger partial charge in [0.1, 0.15) is 0 Å². The molecule has 0 aliphatic heterocycles. The van der Waals surface area contributed by atoms with Crippen molar-refractivity contribution in [2.75, 3.05) is 0 Å². The Bertz CT molecular complexity index is 1010. The molecule has 0 radical (unpaired) electrons. The van der Waals surface area contributed by atoms with Gasteiger partial charge in [0.2, 0.25) is 0 Å². The van der Waals surface area contributed by atoms with Gasteiger partial charge >= 0.3 is 0 Å². The average Bonchev–Trinajstić information content (AvgIpc) is 2.85. The summed E-state index contributed by atoms with van der Waals surface area (Å²) >= 11 is 1.54.